The number of halogens is 1. The largest absolute Gasteiger partial charge is 0.305 e. The number of aromatic amines is 1. The molecule has 0 spiro atoms. The molecule has 0 aliphatic heterocycles. The van der Waals surface area contributed by atoms with Crippen molar-refractivity contribution in [1.29, 1.82) is 0 Å². The molecule has 1 aromatic carbocycles. The molecule has 0 saturated carbocycles. The summed E-state index contributed by atoms with van der Waals surface area (Å²) in [7, 11) is 0. The van der Waals surface area contributed by atoms with Crippen LogP contribution < -0.4 is 5.32 Å². The Morgan fingerprint density at radius 1 is 0.914 bits per heavy atom. The number of H-pyrrole nitrogens is 1. The van der Waals surface area contributed by atoms with Gasteiger partial charge in [0.1, 0.15) is 11.6 Å². The van der Waals surface area contributed by atoms with Gasteiger partial charge in [0, 0.05) is 23.3 Å². The van der Waals surface area contributed by atoms with Crippen molar-refractivity contribution in [2.45, 2.75) is 64.7 Å². The van der Waals surface area contributed by atoms with E-state index >= 15 is 0 Å². The molecule has 35 heavy (non-hydrogen) atoms. The second-order valence-corrected chi connectivity index (χ2v) is 8.96. The first kappa shape index (κ1) is 24.5. The number of nitrogens with one attached hydrogen (secondary N) is 2. The number of carbonyl (C=O) groups is 1. The fourth-order valence-corrected chi connectivity index (χ4v) is 4.24. The minimum absolute atomic E-state index is 0.260. The Balaban J connectivity index is 1.41. The molecule has 0 unspecified atom stereocenters. The van der Waals surface area contributed by atoms with Gasteiger partial charge in [-0.25, -0.2) is 9.37 Å². The summed E-state index contributed by atoms with van der Waals surface area (Å²) >= 11 is 0. The van der Waals surface area contributed by atoms with Gasteiger partial charge in [-0.3, -0.25) is 14.9 Å². The lowest BCUT2D eigenvalue weighted by molar-refractivity contribution is 0.102. The van der Waals surface area contributed by atoms with E-state index < -0.39 is 11.7 Å². The van der Waals surface area contributed by atoms with E-state index in [-0.39, 0.29) is 11.5 Å². The Morgan fingerprint density at radius 3 is 2.49 bits per heavy atom. The van der Waals surface area contributed by atoms with Crippen LogP contribution in [0.1, 0.15) is 74.3 Å². The SMILES string of the molecule is CCCCCCCCCCc1cncc(-c2ccc3[nH]nc(C(=O)Nc4ccc(F)cn4)c3c2)c1. The zero-order valence-electron chi connectivity index (χ0n) is 20.2. The van der Waals surface area contributed by atoms with E-state index in [0.717, 1.165) is 29.3 Å². The number of benzene rings is 1. The molecule has 3 heterocycles. The number of rotatable bonds is 12. The predicted octanol–water partition coefficient (Wildman–Crippen LogP) is 7.09. The molecule has 1 amide bonds. The molecule has 0 atom stereocenters. The monoisotopic (exact) mass is 473 g/mol. The van der Waals surface area contributed by atoms with Crippen molar-refractivity contribution in [3.63, 3.8) is 0 Å². The quantitative estimate of drug-likeness (QED) is 0.215. The fraction of sp³-hybridized carbons (Fsp3) is 0.357. The number of pyridine rings is 2. The topological polar surface area (TPSA) is 83.6 Å². The predicted molar refractivity (Wildman–Crippen MR) is 138 cm³/mol. The van der Waals surface area contributed by atoms with Crippen LogP contribution in [0.2, 0.25) is 0 Å². The summed E-state index contributed by atoms with van der Waals surface area (Å²) < 4.78 is 13.1. The lowest BCUT2D eigenvalue weighted by atomic mass is 10.0. The van der Waals surface area contributed by atoms with Crippen molar-refractivity contribution in [3.05, 3.63) is 72.1 Å². The number of hydrogen-bond donors (Lipinski definition) is 2. The van der Waals surface area contributed by atoms with Crippen LogP contribution in [0.4, 0.5) is 10.2 Å². The molecule has 7 heteroatoms. The zero-order chi connectivity index (χ0) is 24.5. The van der Waals surface area contributed by atoms with E-state index in [9.17, 15) is 9.18 Å². The Bertz CT molecular complexity index is 1250. The molecule has 4 rings (SSSR count). The maximum Gasteiger partial charge on any atom is 0.277 e. The molecule has 3 aromatic heterocycles. The second-order valence-electron chi connectivity index (χ2n) is 8.96. The molecule has 4 aromatic rings. The first-order chi connectivity index (χ1) is 17.1. The Labute approximate surface area is 205 Å². The molecular weight excluding hydrogens is 441 g/mol. The van der Waals surface area contributed by atoms with Crippen molar-refractivity contribution in [1.82, 2.24) is 20.2 Å². The molecule has 6 nitrogen and oxygen atoms in total. The van der Waals surface area contributed by atoms with Crippen LogP contribution in [0.5, 0.6) is 0 Å². The molecule has 0 fully saturated rings. The molecule has 2 N–H and O–H groups in total. The summed E-state index contributed by atoms with van der Waals surface area (Å²) in [6.45, 7) is 2.25. The molecule has 0 bridgehead atoms. The normalized spacial score (nSPS) is 11.1. The van der Waals surface area contributed by atoms with Gasteiger partial charge >= 0.3 is 0 Å². The molecule has 0 aliphatic carbocycles. The summed E-state index contributed by atoms with van der Waals surface area (Å²) in [5.74, 6) is -0.605. The highest BCUT2D eigenvalue weighted by molar-refractivity contribution is 6.11. The summed E-state index contributed by atoms with van der Waals surface area (Å²) in [5.41, 5.74) is 4.22. The first-order valence-corrected chi connectivity index (χ1v) is 12.5. The highest BCUT2D eigenvalue weighted by Gasteiger charge is 2.16. The van der Waals surface area contributed by atoms with Gasteiger partial charge < -0.3 is 5.32 Å². The van der Waals surface area contributed by atoms with Crippen molar-refractivity contribution in [2.75, 3.05) is 5.32 Å². The Hall–Kier alpha value is -3.61. The summed E-state index contributed by atoms with van der Waals surface area (Å²) in [6, 6.07) is 10.7. The number of aryl methyl sites for hydroxylation is 1. The highest BCUT2D eigenvalue weighted by atomic mass is 19.1. The van der Waals surface area contributed by atoms with E-state index in [4.69, 9.17) is 0 Å². The average molecular weight is 474 g/mol. The maximum absolute atomic E-state index is 13.1. The van der Waals surface area contributed by atoms with E-state index in [1.54, 1.807) is 0 Å². The lowest BCUT2D eigenvalue weighted by Crippen LogP contribution is -2.13. The summed E-state index contributed by atoms with van der Waals surface area (Å²) in [6.07, 6.45) is 16.3. The minimum atomic E-state index is -0.462. The van der Waals surface area contributed by atoms with Crippen LogP contribution in [0.25, 0.3) is 22.0 Å². The standard InChI is InChI=1S/C28H32FN5O/c1-2-3-4-5-6-7-8-9-10-20-15-22(18-30-17-20)21-11-13-25-24(16-21)27(34-33-25)28(35)32-26-14-12-23(29)19-31-26/h11-19H,2-10H2,1H3,(H,33,34)(H,31,32,35). The van der Waals surface area contributed by atoms with Gasteiger partial charge in [0.2, 0.25) is 0 Å². The van der Waals surface area contributed by atoms with Crippen molar-refractivity contribution < 1.29 is 9.18 Å². The fourth-order valence-electron chi connectivity index (χ4n) is 4.24. The number of unbranched alkanes of at least 4 members (excludes halogenated alkanes) is 7. The van der Waals surface area contributed by atoms with Crippen molar-refractivity contribution in [2.24, 2.45) is 0 Å². The molecule has 0 radical (unpaired) electrons. The van der Waals surface area contributed by atoms with Crippen molar-refractivity contribution >= 4 is 22.6 Å². The number of anilines is 1. The number of nitrogens with zero attached hydrogens (tertiary/aromatic N) is 3. The lowest BCUT2D eigenvalue weighted by Gasteiger charge is -2.07. The molecular formula is C28H32FN5O. The van der Waals surface area contributed by atoms with Gasteiger partial charge in [-0.15, -0.1) is 0 Å². The Kier molecular flexibility index (Phi) is 8.54. The van der Waals surface area contributed by atoms with Crippen LogP contribution >= 0.6 is 0 Å². The van der Waals surface area contributed by atoms with Crippen molar-refractivity contribution in [3.8, 4) is 11.1 Å². The number of fused-ring (bicyclic) bond motifs is 1. The van der Waals surface area contributed by atoms with Crippen LogP contribution in [0.3, 0.4) is 0 Å². The number of aromatic nitrogens is 4. The second kappa shape index (κ2) is 12.2. The van der Waals surface area contributed by atoms with Gasteiger partial charge in [0.15, 0.2) is 5.69 Å². The van der Waals surface area contributed by atoms with Gasteiger partial charge in [-0.2, -0.15) is 5.10 Å². The third-order valence-corrected chi connectivity index (χ3v) is 6.19. The highest BCUT2D eigenvalue weighted by Crippen LogP contribution is 2.26. The molecule has 0 saturated heterocycles. The summed E-state index contributed by atoms with van der Waals surface area (Å²) in [4.78, 5) is 21.1. The van der Waals surface area contributed by atoms with Crippen LogP contribution in [-0.2, 0) is 6.42 Å². The average Bonchev–Trinajstić information content (AvgIpc) is 3.31. The van der Waals surface area contributed by atoms with Gasteiger partial charge in [0.25, 0.3) is 5.91 Å². The third-order valence-electron chi connectivity index (χ3n) is 6.19. The van der Waals surface area contributed by atoms with Gasteiger partial charge in [-0.05, 0) is 54.3 Å². The molecule has 0 aliphatic rings. The van der Waals surface area contributed by atoms with E-state index in [1.165, 1.54) is 69.1 Å². The van der Waals surface area contributed by atoms with Crippen LogP contribution in [0, 0.1) is 5.82 Å². The van der Waals surface area contributed by atoms with Crippen LogP contribution in [0.15, 0.2) is 55.0 Å². The molecule has 182 valence electrons. The number of carbonyl (C=O) groups excluding carboxylic acids is 1. The maximum atomic E-state index is 13.1. The van der Waals surface area contributed by atoms with E-state index in [1.807, 2.05) is 30.6 Å². The van der Waals surface area contributed by atoms with Gasteiger partial charge in [0.05, 0.1) is 11.7 Å². The third kappa shape index (κ3) is 6.72. The first-order valence-electron chi connectivity index (χ1n) is 12.5. The van der Waals surface area contributed by atoms with Gasteiger partial charge in [-0.1, -0.05) is 57.9 Å². The van der Waals surface area contributed by atoms with E-state index in [0.29, 0.717) is 5.39 Å². The Morgan fingerprint density at radius 2 is 1.71 bits per heavy atom. The van der Waals surface area contributed by atoms with E-state index in [2.05, 4.69) is 38.5 Å². The zero-order valence-corrected chi connectivity index (χ0v) is 20.2. The minimum Gasteiger partial charge on any atom is -0.305 e. The smallest absolute Gasteiger partial charge is 0.277 e. The number of hydrogen-bond acceptors (Lipinski definition) is 4. The summed E-state index contributed by atoms with van der Waals surface area (Å²) in [5, 5.41) is 10.5. The van der Waals surface area contributed by atoms with Crippen LogP contribution in [-0.4, -0.2) is 26.1 Å². The number of amides is 1.